The summed E-state index contributed by atoms with van der Waals surface area (Å²) in [6.45, 7) is 7.16. The van der Waals surface area contributed by atoms with Crippen LogP contribution in [0.1, 0.15) is 11.1 Å². The van der Waals surface area contributed by atoms with Gasteiger partial charge in [-0.15, -0.1) is 0 Å². The molecule has 20 heavy (non-hydrogen) atoms. The molecule has 4 nitrogen and oxygen atoms in total. The molecule has 2 aromatic rings. The molecule has 0 aliphatic carbocycles. The highest BCUT2D eigenvalue weighted by Gasteiger charge is 2.18. The van der Waals surface area contributed by atoms with E-state index in [-0.39, 0.29) is 6.10 Å². The molecule has 1 aliphatic heterocycles. The molecule has 0 bridgehead atoms. The number of ether oxygens (including phenoxy) is 2. The number of thiazole rings is 1. The van der Waals surface area contributed by atoms with E-state index in [0.717, 1.165) is 17.2 Å². The van der Waals surface area contributed by atoms with Gasteiger partial charge in [-0.25, -0.2) is 4.98 Å². The summed E-state index contributed by atoms with van der Waals surface area (Å²) in [5.41, 5.74) is 3.69. The van der Waals surface area contributed by atoms with E-state index in [1.165, 1.54) is 15.8 Å². The molecule has 1 saturated heterocycles. The highest BCUT2D eigenvalue weighted by molar-refractivity contribution is 7.22. The maximum atomic E-state index is 5.70. The molecular weight excluding hydrogens is 272 g/mol. The van der Waals surface area contributed by atoms with Gasteiger partial charge < -0.3 is 14.4 Å². The third kappa shape index (κ3) is 2.66. The van der Waals surface area contributed by atoms with Crippen LogP contribution in [0.2, 0.25) is 0 Å². The highest BCUT2D eigenvalue weighted by atomic mass is 32.1. The van der Waals surface area contributed by atoms with Crippen LogP contribution < -0.4 is 4.90 Å². The van der Waals surface area contributed by atoms with Crippen LogP contribution in [0, 0.1) is 13.8 Å². The standard InChI is InChI=1S/C15H20N2O2S/c1-10-4-5-13-14(11(10)2)16-15(20-13)17(3)8-12-9-18-6-7-19-12/h4-5,12H,6-9H2,1-3H3. The molecule has 1 atom stereocenters. The van der Waals surface area contributed by atoms with Crippen molar-refractivity contribution in [2.45, 2.75) is 20.0 Å². The third-order valence-corrected chi connectivity index (χ3v) is 4.90. The van der Waals surface area contributed by atoms with Crippen molar-refractivity contribution in [1.82, 2.24) is 4.98 Å². The SMILES string of the molecule is Cc1ccc2sc(N(C)CC3COCCO3)nc2c1C. The van der Waals surface area contributed by atoms with Crippen molar-refractivity contribution in [3.05, 3.63) is 23.3 Å². The molecule has 1 aliphatic rings. The van der Waals surface area contributed by atoms with Gasteiger partial charge in [0, 0.05) is 13.6 Å². The van der Waals surface area contributed by atoms with E-state index in [9.17, 15) is 0 Å². The van der Waals surface area contributed by atoms with Crippen LogP contribution in [-0.4, -0.2) is 44.5 Å². The Balaban J connectivity index is 1.80. The second-order valence-corrected chi connectivity index (χ2v) is 6.31. The van der Waals surface area contributed by atoms with Crippen molar-refractivity contribution in [2.75, 3.05) is 38.3 Å². The summed E-state index contributed by atoms with van der Waals surface area (Å²) in [7, 11) is 2.07. The van der Waals surface area contributed by atoms with Crippen LogP contribution in [0.3, 0.4) is 0 Å². The minimum atomic E-state index is 0.142. The Kier molecular flexibility index (Phi) is 3.92. The van der Waals surface area contributed by atoms with Gasteiger partial charge in [-0.1, -0.05) is 17.4 Å². The largest absolute Gasteiger partial charge is 0.376 e. The van der Waals surface area contributed by atoms with E-state index in [0.29, 0.717) is 19.8 Å². The number of hydrogen-bond acceptors (Lipinski definition) is 5. The van der Waals surface area contributed by atoms with E-state index in [1.807, 2.05) is 0 Å². The number of anilines is 1. The Bertz CT molecular complexity index is 605. The first-order valence-corrected chi connectivity index (χ1v) is 7.74. The van der Waals surface area contributed by atoms with Crippen molar-refractivity contribution in [2.24, 2.45) is 0 Å². The smallest absolute Gasteiger partial charge is 0.186 e. The third-order valence-electron chi connectivity index (χ3n) is 3.76. The average Bonchev–Trinajstić information content (AvgIpc) is 2.89. The molecule has 1 aromatic carbocycles. The normalized spacial score (nSPS) is 19.4. The Morgan fingerprint density at radius 2 is 2.20 bits per heavy atom. The van der Waals surface area contributed by atoms with Gasteiger partial charge in [-0.3, -0.25) is 0 Å². The van der Waals surface area contributed by atoms with Gasteiger partial charge in [0.1, 0.15) is 0 Å². The van der Waals surface area contributed by atoms with Gasteiger partial charge in [0.15, 0.2) is 5.13 Å². The first kappa shape index (κ1) is 13.8. The molecule has 108 valence electrons. The fourth-order valence-corrected chi connectivity index (χ4v) is 3.40. The number of rotatable bonds is 3. The minimum absolute atomic E-state index is 0.142. The Morgan fingerprint density at radius 3 is 2.95 bits per heavy atom. The van der Waals surface area contributed by atoms with Gasteiger partial charge >= 0.3 is 0 Å². The van der Waals surface area contributed by atoms with Gasteiger partial charge in [0.05, 0.1) is 36.1 Å². The Hall–Kier alpha value is -1.17. The van der Waals surface area contributed by atoms with Crippen LogP contribution in [0.4, 0.5) is 5.13 Å². The summed E-state index contributed by atoms with van der Waals surface area (Å²) in [6.07, 6.45) is 0.142. The molecule has 0 amide bonds. The number of benzene rings is 1. The number of aromatic nitrogens is 1. The van der Waals surface area contributed by atoms with Crippen LogP contribution in [0.25, 0.3) is 10.2 Å². The van der Waals surface area contributed by atoms with Gasteiger partial charge in [0.25, 0.3) is 0 Å². The molecule has 1 unspecified atom stereocenters. The highest BCUT2D eigenvalue weighted by Crippen LogP contribution is 2.31. The van der Waals surface area contributed by atoms with Crippen molar-refractivity contribution in [3.63, 3.8) is 0 Å². The molecule has 0 radical (unpaired) electrons. The monoisotopic (exact) mass is 292 g/mol. The summed E-state index contributed by atoms with van der Waals surface area (Å²) >= 11 is 1.74. The topological polar surface area (TPSA) is 34.6 Å². The van der Waals surface area contributed by atoms with Crippen molar-refractivity contribution in [1.29, 1.82) is 0 Å². The van der Waals surface area contributed by atoms with E-state index in [2.05, 4.69) is 37.9 Å². The lowest BCUT2D eigenvalue weighted by atomic mass is 10.1. The second-order valence-electron chi connectivity index (χ2n) is 5.30. The molecule has 5 heteroatoms. The van der Waals surface area contributed by atoms with Crippen molar-refractivity contribution >= 4 is 26.7 Å². The molecular formula is C15H20N2O2S. The zero-order chi connectivity index (χ0) is 14.1. The van der Waals surface area contributed by atoms with Gasteiger partial charge in [-0.2, -0.15) is 0 Å². The summed E-state index contributed by atoms with van der Waals surface area (Å²) < 4.78 is 12.4. The minimum Gasteiger partial charge on any atom is -0.376 e. The fraction of sp³-hybridized carbons (Fsp3) is 0.533. The Morgan fingerprint density at radius 1 is 1.35 bits per heavy atom. The van der Waals surface area contributed by atoms with Crippen LogP contribution in [-0.2, 0) is 9.47 Å². The summed E-state index contributed by atoms with van der Waals surface area (Å²) in [4.78, 5) is 6.95. The molecule has 1 fully saturated rings. The fourth-order valence-electron chi connectivity index (χ4n) is 2.40. The summed E-state index contributed by atoms with van der Waals surface area (Å²) in [5.74, 6) is 0. The van der Waals surface area contributed by atoms with E-state index in [1.54, 1.807) is 11.3 Å². The number of aryl methyl sites for hydroxylation is 2. The molecule has 1 aromatic heterocycles. The van der Waals surface area contributed by atoms with Gasteiger partial charge in [0.2, 0.25) is 0 Å². The first-order chi connectivity index (χ1) is 9.65. The summed E-state index contributed by atoms with van der Waals surface area (Å²) in [5, 5.41) is 1.04. The zero-order valence-corrected chi connectivity index (χ0v) is 13.0. The molecule has 0 N–H and O–H groups in total. The predicted octanol–water partition coefficient (Wildman–Crippen LogP) is 2.76. The summed E-state index contributed by atoms with van der Waals surface area (Å²) in [6, 6.07) is 4.32. The maximum absolute atomic E-state index is 5.70. The number of hydrogen-bond donors (Lipinski definition) is 0. The van der Waals surface area contributed by atoms with Crippen LogP contribution >= 0.6 is 11.3 Å². The number of fused-ring (bicyclic) bond motifs is 1. The molecule has 3 rings (SSSR count). The number of nitrogens with zero attached hydrogens (tertiary/aromatic N) is 2. The van der Waals surface area contributed by atoms with E-state index in [4.69, 9.17) is 14.5 Å². The van der Waals surface area contributed by atoms with E-state index >= 15 is 0 Å². The maximum Gasteiger partial charge on any atom is 0.186 e. The molecule has 2 heterocycles. The van der Waals surface area contributed by atoms with Crippen LogP contribution in [0.5, 0.6) is 0 Å². The second kappa shape index (κ2) is 5.68. The number of likely N-dealkylation sites (N-methyl/N-ethyl adjacent to an activating group) is 1. The lowest BCUT2D eigenvalue weighted by molar-refractivity contribution is -0.0837. The van der Waals surface area contributed by atoms with Crippen molar-refractivity contribution in [3.8, 4) is 0 Å². The molecule has 0 spiro atoms. The Labute approximate surface area is 123 Å². The van der Waals surface area contributed by atoms with Crippen LogP contribution in [0.15, 0.2) is 12.1 Å². The molecule has 0 saturated carbocycles. The average molecular weight is 292 g/mol. The predicted molar refractivity (Wildman–Crippen MR) is 82.9 cm³/mol. The van der Waals surface area contributed by atoms with Crippen molar-refractivity contribution < 1.29 is 9.47 Å². The lowest BCUT2D eigenvalue weighted by Crippen LogP contribution is -2.38. The quantitative estimate of drug-likeness (QED) is 0.871. The van der Waals surface area contributed by atoms with E-state index < -0.39 is 0 Å². The van der Waals surface area contributed by atoms with Gasteiger partial charge in [-0.05, 0) is 31.0 Å². The lowest BCUT2D eigenvalue weighted by Gasteiger charge is -2.27. The zero-order valence-electron chi connectivity index (χ0n) is 12.2. The first-order valence-electron chi connectivity index (χ1n) is 6.92.